The molecule has 0 saturated carbocycles. The molecule has 0 saturated heterocycles. The number of hydrogen-bond donors (Lipinski definition) is 1. The fourth-order valence-electron chi connectivity index (χ4n) is 1.49. The zero-order chi connectivity index (χ0) is 9.26. The van der Waals surface area contributed by atoms with Crippen molar-refractivity contribution in [2.75, 3.05) is 13.1 Å². The van der Waals surface area contributed by atoms with Crippen LogP contribution in [0.1, 0.15) is 11.1 Å². The van der Waals surface area contributed by atoms with Crippen LogP contribution in [0.5, 0.6) is 0 Å². The summed E-state index contributed by atoms with van der Waals surface area (Å²) in [6.45, 7) is 3.52. The summed E-state index contributed by atoms with van der Waals surface area (Å²) in [5.74, 6) is -0.120. The molecule has 1 aromatic rings. The van der Waals surface area contributed by atoms with E-state index in [1.807, 2.05) is 12.1 Å². The highest BCUT2D eigenvalue weighted by atomic mass is 19.1. The predicted molar refractivity (Wildman–Crippen MR) is 52.0 cm³/mol. The average molecular weight is 177 g/mol. The normalized spacial score (nSPS) is 16.0. The average Bonchev–Trinajstić information content (AvgIpc) is 2.62. The van der Waals surface area contributed by atoms with Crippen molar-refractivity contribution in [2.45, 2.75) is 6.92 Å². The molecule has 0 spiro atoms. The summed E-state index contributed by atoms with van der Waals surface area (Å²) in [5, 5.41) is 3.19. The molecule has 1 aliphatic heterocycles. The van der Waals surface area contributed by atoms with Gasteiger partial charge >= 0.3 is 0 Å². The highest BCUT2D eigenvalue weighted by Crippen LogP contribution is 2.18. The first-order valence-corrected chi connectivity index (χ1v) is 4.43. The van der Waals surface area contributed by atoms with Crippen LogP contribution in [0, 0.1) is 12.7 Å². The zero-order valence-corrected chi connectivity index (χ0v) is 7.60. The number of halogens is 1. The summed E-state index contributed by atoms with van der Waals surface area (Å²) in [6.07, 6.45) is 2.10. The maximum Gasteiger partial charge on any atom is 0.126 e. The molecule has 0 amide bonds. The molecule has 0 unspecified atom stereocenters. The number of aryl methyl sites for hydroxylation is 1. The third-order valence-corrected chi connectivity index (χ3v) is 2.35. The molecule has 0 aromatic heterocycles. The molecule has 0 radical (unpaired) electrons. The lowest BCUT2D eigenvalue weighted by Gasteiger charge is -2.03. The number of hydrogen-bond acceptors (Lipinski definition) is 1. The van der Waals surface area contributed by atoms with Gasteiger partial charge in [0, 0.05) is 13.1 Å². The lowest BCUT2D eigenvalue weighted by Crippen LogP contribution is -2.07. The van der Waals surface area contributed by atoms with Gasteiger partial charge < -0.3 is 5.32 Å². The van der Waals surface area contributed by atoms with Crippen molar-refractivity contribution in [2.24, 2.45) is 0 Å². The Kier molecular flexibility index (Phi) is 2.15. The second-order valence-electron chi connectivity index (χ2n) is 3.32. The zero-order valence-electron chi connectivity index (χ0n) is 7.60. The van der Waals surface area contributed by atoms with Crippen LogP contribution in [0.4, 0.5) is 4.39 Å². The van der Waals surface area contributed by atoms with Crippen LogP contribution in [0.3, 0.4) is 0 Å². The Morgan fingerprint density at radius 1 is 1.38 bits per heavy atom. The van der Waals surface area contributed by atoms with E-state index in [1.54, 1.807) is 13.0 Å². The van der Waals surface area contributed by atoms with Crippen LogP contribution >= 0.6 is 0 Å². The molecular weight excluding hydrogens is 165 g/mol. The first-order chi connectivity index (χ1) is 6.27. The predicted octanol–water partition coefficient (Wildman–Crippen LogP) is 2.12. The van der Waals surface area contributed by atoms with E-state index >= 15 is 0 Å². The van der Waals surface area contributed by atoms with Gasteiger partial charge in [-0.3, -0.25) is 0 Å². The Hall–Kier alpha value is -1.15. The van der Waals surface area contributed by atoms with Gasteiger partial charge in [-0.15, -0.1) is 0 Å². The minimum Gasteiger partial charge on any atom is -0.309 e. The third kappa shape index (κ3) is 1.63. The molecule has 1 heterocycles. The van der Waals surface area contributed by atoms with E-state index in [2.05, 4.69) is 11.4 Å². The topological polar surface area (TPSA) is 12.0 Å². The molecular formula is C11H12FN. The van der Waals surface area contributed by atoms with Crippen molar-refractivity contribution < 1.29 is 4.39 Å². The molecule has 68 valence electrons. The molecule has 0 atom stereocenters. The standard InChI is InChI=1S/C11H12FN/c1-8-2-3-9(6-11(8)12)10-4-5-13-7-10/h2-4,6,13H,5,7H2,1H3. The van der Waals surface area contributed by atoms with E-state index in [0.717, 1.165) is 18.7 Å². The fourth-order valence-corrected chi connectivity index (χ4v) is 1.49. The van der Waals surface area contributed by atoms with Gasteiger partial charge in [0.25, 0.3) is 0 Å². The van der Waals surface area contributed by atoms with E-state index in [0.29, 0.717) is 5.56 Å². The quantitative estimate of drug-likeness (QED) is 0.692. The van der Waals surface area contributed by atoms with Gasteiger partial charge in [0.05, 0.1) is 0 Å². The van der Waals surface area contributed by atoms with Crippen molar-refractivity contribution in [3.8, 4) is 0 Å². The van der Waals surface area contributed by atoms with Gasteiger partial charge in [0.15, 0.2) is 0 Å². The van der Waals surface area contributed by atoms with Crippen LogP contribution in [0.15, 0.2) is 24.3 Å². The molecule has 1 nitrogen and oxygen atoms in total. The van der Waals surface area contributed by atoms with Crippen molar-refractivity contribution in [3.05, 3.63) is 41.2 Å². The minimum atomic E-state index is -0.120. The van der Waals surface area contributed by atoms with E-state index in [-0.39, 0.29) is 5.82 Å². The smallest absolute Gasteiger partial charge is 0.126 e. The third-order valence-electron chi connectivity index (χ3n) is 2.35. The molecule has 1 N–H and O–H groups in total. The highest BCUT2D eigenvalue weighted by molar-refractivity contribution is 5.69. The largest absolute Gasteiger partial charge is 0.309 e. The van der Waals surface area contributed by atoms with Crippen LogP contribution in [-0.4, -0.2) is 13.1 Å². The van der Waals surface area contributed by atoms with Gasteiger partial charge in [-0.1, -0.05) is 18.2 Å². The maximum absolute atomic E-state index is 13.2. The van der Waals surface area contributed by atoms with E-state index < -0.39 is 0 Å². The molecule has 2 heteroatoms. The molecule has 2 rings (SSSR count). The first-order valence-electron chi connectivity index (χ1n) is 4.43. The van der Waals surface area contributed by atoms with Crippen LogP contribution < -0.4 is 5.32 Å². The number of rotatable bonds is 1. The Labute approximate surface area is 77.3 Å². The molecule has 1 aliphatic rings. The van der Waals surface area contributed by atoms with Gasteiger partial charge in [-0.2, -0.15) is 0 Å². The van der Waals surface area contributed by atoms with Gasteiger partial charge in [-0.25, -0.2) is 4.39 Å². The Morgan fingerprint density at radius 2 is 2.23 bits per heavy atom. The van der Waals surface area contributed by atoms with Gasteiger partial charge in [0.2, 0.25) is 0 Å². The highest BCUT2D eigenvalue weighted by Gasteiger charge is 2.07. The molecule has 13 heavy (non-hydrogen) atoms. The number of nitrogens with one attached hydrogen (secondary N) is 1. The minimum absolute atomic E-state index is 0.120. The summed E-state index contributed by atoms with van der Waals surface area (Å²) in [6, 6.07) is 5.40. The lowest BCUT2D eigenvalue weighted by molar-refractivity contribution is 0.618. The Bertz CT molecular complexity index is 355. The molecule has 0 aliphatic carbocycles. The molecule has 0 bridgehead atoms. The molecule has 1 aromatic carbocycles. The van der Waals surface area contributed by atoms with E-state index in [9.17, 15) is 4.39 Å². The van der Waals surface area contributed by atoms with E-state index in [4.69, 9.17) is 0 Å². The second kappa shape index (κ2) is 3.30. The van der Waals surface area contributed by atoms with Gasteiger partial charge in [-0.05, 0) is 29.7 Å². The summed E-state index contributed by atoms with van der Waals surface area (Å²) in [4.78, 5) is 0. The summed E-state index contributed by atoms with van der Waals surface area (Å²) < 4.78 is 13.2. The number of benzene rings is 1. The Balaban J connectivity index is 2.36. The van der Waals surface area contributed by atoms with Gasteiger partial charge in [0.1, 0.15) is 5.82 Å². The molecule has 0 fully saturated rings. The maximum atomic E-state index is 13.2. The summed E-state index contributed by atoms with van der Waals surface area (Å²) in [7, 11) is 0. The van der Waals surface area contributed by atoms with Crippen LogP contribution in [-0.2, 0) is 0 Å². The van der Waals surface area contributed by atoms with Crippen molar-refractivity contribution >= 4 is 5.57 Å². The first kappa shape index (κ1) is 8.45. The van der Waals surface area contributed by atoms with Crippen LogP contribution in [0.25, 0.3) is 5.57 Å². The second-order valence-corrected chi connectivity index (χ2v) is 3.32. The fraction of sp³-hybridized carbons (Fsp3) is 0.273. The van der Waals surface area contributed by atoms with Crippen LogP contribution in [0.2, 0.25) is 0 Å². The van der Waals surface area contributed by atoms with Crippen molar-refractivity contribution in [1.29, 1.82) is 0 Å². The monoisotopic (exact) mass is 177 g/mol. The SMILES string of the molecule is Cc1ccc(C2=CCNC2)cc1F. The Morgan fingerprint density at radius 3 is 2.85 bits per heavy atom. The van der Waals surface area contributed by atoms with E-state index in [1.165, 1.54) is 5.57 Å². The lowest BCUT2D eigenvalue weighted by atomic mass is 10.1. The van der Waals surface area contributed by atoms with Crippen molar-refractivity contribution in [1.82, 2.24) is 5.32 Å². The summed E-state index contributed by atoms with van der Waals surface area (Å²) >= 11 is 0. The summed E-state index contributed by atoms with van der Waals surface area (Å²) in [5.41, 5.74) is 2.89. The van der Waals surface area contributed by atoms with Crippen molar-refractivity contribution in [3.63, 3.8) is 0 Å².